The minimum Gasteiger partial charge on any atom is -0.337 e. The quantitative estimate of drug-likeness (QED) is 0.706. The van der Waals surface area contributed by atoms with Crippen LogP contribution in [0.4, 0.5) is 13.2 Å². The van der Waals surface area contributed by atoms with E-state index < -0.39 is 21.6 Å². The number of hydrogen-bond donors (Lipinski definition) is 0. The molecule has 31 heavy (non-hydrogen) atoms. The Bertz CT molecular complexity index is 1050. The fourth-order valence-electron chi connectivity index (χ4n) is 3.70. The molecule has 1 saturated heterocycles. The third-order valence-corrected chi connectivity index (χ3v) is 6.64. The maximum absolute atomic E-state index is 12.9. The monoisotopic (exact) mass is 454 g/mol. The van der Waals surface area contributed by atoms with E-state index >= 15 is 0 Å². The van der Waals surface area contributed by atoms with E-state index in [4.69, 9.17) is 0 Å². The van der Waals surface area contributed by atoms with Crippen molar-refractivity contribution >= 4 is 15.7 Å². The Morgan fingerprint density at radius 2 is 1.68 bits per heavy atom. The lowest BCUT2D eigenvalue weighted by molar-refractivity contribution is -0.137. The van der Waals surface area contributed by atoms with Crippen molar-refractivity contribution in [1.29, 1.82) is 0 Å². The summed E-state index contributed by atoms with van der Waals surface area (Å²) in [5, 5.41) is 0. The number of carbonyl (C=O) groups is 1. The van der Waals surface area contributed by atoms with Crippen LogP contribution in [0.2, 0.25) is 0 Å². The number of carbonyl (C=O) groups excluding carboxylic acids is 1. The van der Waals surface area contributed by atoms with E-state index in [0.29, 0.717) is 43.9 Å². The zero-order valence-corrected chi connectivity index (χ0v) is 18.3. The Morgan fingerprint density at radius 1 is 1.00 bits per heavy atom. The highest BCUT2D eigenvalue weighted by Crippen LogP contribution is 2.29. The van der Waals surface area contributed by atoms with Gasteiger partial charge in [0.1, 0.15) is 0 Å². The van der Waals surface area contributed by atoms with Gasteiger partial charge in [-0.2, -0.15) is 13.2 Å². The van der Waals surface area contributed by atoms with Crippen molar-refractivity contribution in [2.45, 2.75) is 31.0 Å². The molecule has 168 valence electrons. The maximum atomic E-state index is 12.9. The Kier molecular flexibility index (Phi) is 6.76. The predicted molar refractivity (Wildman–Crippen MR) is 112 cm³/mol. The predicted octanol–water partition coefficient (Wildman–Crippen LogP) is 3.77. The molecule has 1 fully saturated rings. The average molecular weight is 455 g/mol. The van der Waals surface area contributed by atoms with Gasteiger partial charge in [0.25, 0.3) is 5.91 Å². The number of amides is 1. The smallest absolute Gasteiger partial charge is 0.337 e. The third kappa shape index (κ3) is 5.86. The van der Waals surface area contributed by atoms with Crippen LogP contribution in [0.1, 0.15) is 33.5 Å². The fraction of sp³-hybridized carbons (Fsp3) is 0.409. The van der Waals surface area contributed by atoms with Crippen LogP contribution in [-0.4, -0.2) is 56.6 Å². The van der Waals surface area contributed by atoms with E-state index in [-0.39, 0.29) is 10.8 Å². The van der Waals surface area contributed by atoms with Crippen LogP contribution in [0.3, 0.4) is 0 Å². The zero-order chi connectivity index (χ0) is 22.8. The van der Waals surface area contributed by atoms with Gasteiger partial charge in [-0.15, -0.1) is 0 Å². The lowest BCUT2D eigenvalue weighted by Gasteiger charge is -2.22. The topological polar surface area (TPSA) is 57.7 Å². The van der Waals surface area contributed by atoms with Gasteiger partial charge in [-0.25, -0.2) is 8.42 Å². The number of rotatable bonds is 4. The molecule has 1 amide bonds. The minimum atomic E-state index is -4.35. The first-order valence-corrected chi connectivity index (χ1v) is 11.8. The van der Waals surface area contributed by atoms with Crippen molar-refractivity contribution in [3.63, 3.8) is 0 Å². The van der Waals surface area contributed by atoms with Crippen molar-refractivity contribution in [2.75, 3.05) is 32.4 Å². The first-order valence-electron chi connectivity index (χ1n) is 9.93. The summed E-state index contributed by atoms with van der Waals surface area (Å²) in [6.45, 7) is 4.48. The summed E-state index contributed by atoms with van der Waals surface area (Å²) in [6.07, 6.45) is -2.51. The molecule has 0 spiro atoms. The van der Waals surface area contributed by atoms with Gasteiger partial charge in [-0.1, -0.05) is 18.2 Å². The molecule has 3 rings (SSSR count). The SMILES string of the molecule is Cc1ccc(C(=O)N2CCCN(Cc3ccc(C(F)(F)F)cc3)CC2)cc1S(C)(=O)=O. The molecular weight excluding hydrogens is 429 g/mol. The van der Waals surface area contributed by atoms with Gasteiger partial charge in [0.05, 0.1) is 10.5 Å². The van der Waals surface area contributed by atoms with Crippen molar-refractivity contribution in [2.24, 2.45) is 0 Å². The molecule has 9 heteroatoms. The van der Waals surface area contributed by atoms with Crippen LogP contribution in [0.15, 0.2) is 47.4 Å². The number of halogens is 3. The molecule has 0 bridgehead atoms. The van der Waals surface area contributed by atoms with Crippen LogP contribution >= 0.6 is 0 Å². The molecule has 1 aliphatic heterocycles. The van der Waals surface area contributed by atoms with Gasteiger partial charge in [-0.05, 0) is 48.7 Å². The highest BCUT2D eigenvalue weighted by molar-refractivity contribution is 7.90. The standard InChI is InChI=1S/C22H25F3N2O3S/c1-16-4-7-18(14-20(16)31(2,29)30)21(28)27-11-3-10-26(12-13-27)15-17-5-8-19(9-6-17)22(23,24)25/h4-9,14H,3,10-13,15H2,1-2H3. The van der Waals surface area contributed by atoms with E-state index in [2.05, 4.69) is 4.90 Å². The van der Waals surface area contributed by atoms with Gasteiger partial charge in [-0.3, -0.25) is 9.69 Å². The van der Waals surface area contributed by atoms with Gasteiger partial charge in [0.2, 0.25) is 0 Å². The van der Waals surface area contributed by atoms with E-state index in [9.17, 15) is 26.4 Å². The third-order valence-electron chi connectivity index (χ3n) is 5.40. The molecule has 2 aromatic carbocycles. The molecule has 1 heterocycles. The van der Waals surface area contributed by atoms with Gasteiger partial charge >= 0.3 is 6.18 Å². The Morgan fingerprint density at radius 3 is 2.29 bits per heavy atom. The van der Waals surface area contributed by atoms with Crippen molar-refractivity contribution in [3.8, 4) is 0 Å². The highest BCUT2D eigenvalue weighted by atomic mass is 32.2. The Labute approximate surface area is 180 Å². The van der Waals surface area contributed by atoms with E-state index in [1.165, 1.54) is 18.2 Å². The van der Waals surface area contributed by atoms with E-state index in [1.807, 2.05) is 0 Å². The molecule has 5 nitrogen and oxygen atoms in total. The maximum Gasteiger partial charge on any atom is 0.416 e. The number of hydrogen-bond acceptors (Lipinski definition) is 4. The summed E-state index contributed by atoms with van der Waals surface area (Å²) in [4.78, 5) is 16.9. The summed E-state index contributed by atoms with van der Waals surface area (Å²) in [5.41, 5.74) is 1.04. The summed E-state index contributed by atoms with van der Waals surface area (Å²) in [6, 6.07) is 9.83. The summed E-state index contributed by atoms with van der Waals surface area (Å²) >= 11 is 0. The first-order chi connectivity index (χ1) is 14.4. The second-order valence-electron chi connectivity index (χ2n) is 7.87. The van der Waals surface area contributed by atoms with E-state index in [0.717, 1.165) is 30.4 Å². The molecule has 0 aromatic heterocycles. The van der Waals surface area contributed by atoms with Crippen molar-refractivity contribution in [1.82, 2.24) is 9.80 Å². The summed E-state index contributed by atoms with van der Waals surface area (Å²) < 4.78 is 62.1. The van der Waals surface area contributed by atoms with Crippen LogP contribution in [-0.2, 0) is 22.6 Å². The van der Waals surface area contributed by atoms with Crippen LogP contribution in [0, 0.1) is 6.92 Å². The normalized spacial score (nSPS) is 16.2. The summed E-state index contributed by atoms with van der Waals surface area (Å²) in [7, 11) is -3.43. The number of aryl methyl sites for hydroxylation is 1. The molecule has 2 aromatic rings. The fourth-order valence-corrected chi connectivity index (χ4v) is 4.70. The van der Waals surface area contributed by atoms with Gasteiger partial charge in [0.15, 0.2) is 9.84 Å². The van der Waals surface area contributed by atoms with Crippen LogP contribution < -0.4 is 0 Å². The average Bonchev–Trinajstić information content (AvgIpc) is 2.92. The molecular formula is C22H25F3N2O3S. The largest absolute Gasteiger partial charge is 0.416 e. The van der Waals surface area contributed by atoms with Gasteiger partial charge < -0.3 is 4.90 Å². The molecule has 0 radical (unpaired) electrons. The highest BCUT2D eigenvalue weighted by Gasteiger charge is 2.30. The zero-order valence-electron chi connectivity index (χ0n) is 17.4. The second kappa shape index (κ2) is 9.00. The lowest BCUT2D eigenvalue weighted by Crippen LogP contribution is -2.35. The molecule has 0 saturated carbocycles. The van der Waals surface area contributed by atoms with Crippen LogP contribution in [0.25, 0.3) is 0 Å². The Hall–Kier alpha value is -2.39. The molecule has 0 atom stereocenters. The number of benzene rings is 2. The lowest BCUT2D eigenvalue weighted by atomic mass is 10.1. The Balaban J connectivity index is 1.65. The number of alkyl halides is 3. The van der Waals surface area contributed by atoms with E-state index in [1.54, 1.807) is 24.0 Å². The number of sulfone groups is 1. The second-order valence-corrected chi connectivity index (χ2v) is 9.85. The van der Waals surface area contributed by atoms with Crippen molar-refractivity contribution in [3.05, 3.63) is 64.7 Å². The summed E-state index contributed by atoms with van der Waals surface area (Å²) in [5.74, 6) is -0.221. The molecule has 1 aliphatic rings. The molecule has 0 N–H and O–H groups in total. The number of nitrogens with zero attached hydrogens (tertiary/aromatic N) is 2. The first kappa shape index (κ1) is 23.3. The van der Waals surface area contributed by atoms with Crippen molar-refractivity contribution < 1.29 is 26.4 Å². The van der Waals surface area contributed by atoms with Gasteiger partial charge in [0, 0.05) is 44.5 Å². The van der Waals surface area contributed by atoms with Crippen LogP contribution in [0.5, 0.6) is 0 Å². The molecule has 0 aliphatic carbocycles. The minimum absolute atomic E-state index is 0.150. The molecule has 0 unspecified atom stereocenters.